The number of hydrogen-bond acceptors (Lipinski definition) is 4. The molecule has 0 spiro atoms. The largest absolute Gasteiger partial charge is 0.356 e. The summed E-state index contributed by atoms with van der Waals surface area (Å²) in [6, 6.07) is -0.175. The number of piperidine rings is 1. The first-order chi connectivity index (χ1) is 11.3. The van der Waals surface area contributed by atoms with E-state index in [1.165, 1.54) is 0 Å². The van der Waals surface area contributed by atoms with Crippen LogP contribution in [0.4, 0.5) is 5.69 Å². The predicted molar refractivity (Wildman–Crippen MR) is 93.8 cm³/mol. The Morgan fingerprint density at radius 3 is 2.42 bits per heavy atom. The summed E-state index contributed by atoms with van der Waals surface area (Å²) in [6.07, 6.45) is 2.01. The van der Waals surface area contributed by atoms with Gasteiger partial charge in [0.05, 0.1) is 23.1 Å². The van der Waals surface area contributed by atoms with E-state index < -0.39 is 0 Å². The molecule has 1 saturated heterocycles. The number of likely N-dealkylation sites (tertiary alicyclic amines) is 1. The van der Waals surface area contributed by atoms with Crippen LogP contribution in [-0.2, 0) is 16.6 Å². The second-order valence-corrected chi connectivity index (χ2v) is 6.75. The normalized spacial score (nSPS) is 17.5. The van der Waals surface area contributed by atoms with Gasteiger partial charge in [-0.15, -0.1) is 0 Å². The van der Waals surface area contributed by atoms with Crippen LogP contribution in [0.15, 0.2) is 0 Å². The van der Waals surface area contributed by atoms with E-state index in [9.17, 15) is 9.59 Å². The second-order valence-electron chi connectivity index (χ2n) is 6.75. The molecule has 7 nitrogen and oxygen atoms in total. The van der Waals surface area contributed by atoms with Gasteiger partial charge in [0.25, 0.3) is 0 Å². The van der Waals surface area contributed by atoms with Crippen molar-refractivity contribution in [3.8, 4) is 0 Å². The molecule has 2 amide bonds. The molecule has 0 radical (unpaired) electrons. The van der Waals surface area contributed by atoms with Crippen molar-refractivity contribution in [2.75, 3.05) is 25.0 Å². The van der Waals surface area contributed by atoms with Gasteiger partial charge >= 0.3 is 0 Å². The molecule has 2 rings (SSSR count). The first-order valence-corrected chi connectivity index (χ1v) is 8.59. The van der Waals surface area contributed by atoms with Gasteiger partial charge in [0.2, 0.25) is 11.8 Å². The third kappa shape index (κ3) is 4.35. The Morgan fingerprint density at radius 1 is 1.29 bits per heavy atom. The van der Waals surface area contributed by atoms with Crippen molar-refractivity contribution in [2.45, 2.75) is 46.6 Å². The van der Waals surface area contributed by atoms with E-state index >= 15 is 0 Å². The fraction of sp³-hybridized carbons (Fsp3) is 0.706. The number of anilines is 1. The lowest BCUT2D eigenvalue weighted by atomic mass is 9.95. The first kappa shape index (κ1) is 18.4. The molecule has 2 heterocycles. The molecular formula is C17H29N5O2. The van der Waals surface area contributed by atoms with Crippen molar-refractivity contribution in [1.82, 2.24) is 20.0 Å². The fourth-order valence-corrected chi connectivity index (χ4v) is 3.18. The lowest BCUT2D eigenvalue weighted by Gasteiger charge is -2.35. The topological polar surface area (TPSA) is 79.3 Å². The summed E-state index contributed by atoms with van der Waals surface area (Å²) in [4.78, 5) is 25.8. The number of carbonyl (C=O) groups excluding carboxylic acids is 2. The minimum absolute atomic E-state index is 0.00881. The standard InChI is InChI=1S/C17H29N5O2/c1-11-16(12(2)21(5)20-11)19-17(24)13(3)22-8-6-15(7-9-22)10-18-14(4)23/h13,15H,6-10H2,1-5H3,(H,18,23)(H,19,24)/t13-/m0/s1. The van der Waals surface area contributed by atoms with Crippen molar-refractivity contribution in [2.24, 2.45) is 13.0 Å². The Balaban J connectivity index is 1.87. The number of amides is 2. The van der Waals surface area contributed by atoms with Crippen LogP contribution < -0.4 is 10.6 Å². The molecule has 0 aliphatic carbocycles. The monoisotopic (exact) mass is 335 g/mol. The van der Waals surface area contributed by atoms with Crippen LogP contribution in [-0.4, -0.2) is 52.2 Å². The van der Waals surface area contributed by atoms with E-state index in [0.29, 0.717) is 5.92 Å². The van der Waals surface area contributed by atoms with Crippen molar-refractivity contribution in [3.05, 3.63) is 11.4 Å². The van der Waals surface area contributed by atoms with Crippen LogP contribution in [0.5, 0.6) is 0 Å². The lowest BCUT2D eigenvalue weighted by Crippen LogP contribution is -2.47. The van der Waals surface area contributed by atoms with Crippen molar-refractivity contribution in [1.29, 1.82) is 0 Å². The summed E-state index contributed by atoms with van der Waals surface area (Å²) >= 11 is 0. The highest BCUT2D eigenvalue weighted by atomic mass is 16.2. The van der Waals surface area contributed by atoms with E-state index in [1.807, 2.05) is 27.8 Å². The second kappa shape index (κ2) is 7.79. The molecule has 24 heavy (non-hydrogen) atoms. The number of carbonyl (C=O) groups is 2. The molecule has 7 heteroatoms. The zero-order valence-electron chi connectivity index (χ0n) is 15.3. The molecule has 0 unspecified atom stereocenters. The molecule has 0 aromatic carbocycles. The van der Waals surface area contributed by atoms with Crippen LogP contribution >= 0.6 is 0 Å². The minimum atomic E-state index is -0.175. The Hall–Kier alpha value is -1.89. The van der Waals surface area contributed by atoms with Gasteiger partial charge in [0.1, 0.15) is 0 Å². The maximum Gasteiger partial charge on any atom is 0.241 e. The van der Waals surface area contributed by atoms with E-state index in [0.717, 1.165) is 49.6 Å². The maximum absolute atomic E-state index is 12.6. The average molecular weight is 335 g/mol. The summed E-state index contributed by atoms with van der Waals surface area (Å²) in [5.74, 6) is 0.533. The Bertz CT molecular complexity index is 602. The summed E-state index contributed by atoms with van der Waals surface area (Å²) in [5, 5.41) is 10.2. The molecule has 0 saturated carbocycles. The quantitative estimate of drug-likeness (QED) is 0.848. The zero-order chi connectivity index (χ0) is 17.9. The number of aryl methyl sites for hydroxylation is 2. The molecular weight excluding hydrogens is 306 g/mol. The summed E-state index contributed by atoms with van der Waals surface area (Å²) < 4.78 is 1.78. The molecule has 2 N–H and O–H groups in total. The zero-order valence-corrected chi connectivity index (χ0v) is 15.3. The summed E-state index contributed by atoms with van der Waals surface area (Å²) in [6.45, 7) is 9.84. The van der Waals surface area contributed by atoms with E-state index in [4.69, 9.17) is 0 Å². The van der Waals surface area contributed by atoms with E-state index in [-0.39, 0.29) is 17.9 Å². The molecule has 1 aromatic rings. The number of nitrogens with one attached hydrogen (secondary N) is 2. The summed E-state index contributed by atoms with van der Waals surface area (Å²) in [5.41, 5.74) is 2.61. The lowest BCUT2D eigenvalue weighted by molar-refractivity contribution is -0.121. The SMILES string of the molecule is CC(=O)NCC1CCN([C@@H](C)C(=O)Nc2c(C)nn(C)c2C)CC1. The van der Waals surface area contributed by atoms with Crippen molar-refractivity contribution < 1.29 is 9.59 Å². The van der Waals surface area contributed by atoms with Gasteiger partial charge < -0.3 is 10.6 Å². The first-order valence-electron chi connectivity index (χ1n) is 8.59. The van der Waals surface area contributed by atoms with Gasteiger partial charge in [-0.3, -0.25) is 19.2 Å². The van der Waals surface area contributed by atoms with Crippen LogP contribution in [0.1, 0.15) is 38.1 Å². The number of hydrogen-bond donors (Lipinski definition) is 2. The molecule has 1 aliphatic rings. The van der Waals surface area contributed by atoms with Gasteiger partial charge in [-0.25, -0.2) is 0 Å². The fourth-order valence-electron chi connectivity index (χ4n) is 3.18. The number of rotatable bonds is 5. The van der Waals surface area contributed by atoms with Gasteiger partial charge in [-0.2, -0.15) is 5.10 Å². The molecule has 1 aliphatic heterocycles. The highest BCUT2D eigenvalue weighted by Gasteiger charge is 2.27. The molecule has 134 valence electrons. The van der Waals surface area contributed by atoms with Crippen molar-refractivity contribution in [3.63, 3.8) is 0 Å². The Kier molecular flexibility index (Phi) is 5.99. The minimum Gasteiger partial charge on any atom is -0.356 e. The number of nitrogens with zero attached hydrogens (tertiary/aromatic N) is 3. The highest BCUT2D eigenvalue weighted by Crippen LogP contribution is 2.21. The number of aromatic nitrogens is 2. The third-order valence-corrected chi connectivity index (χ3v) is 4.97. The van der Waals surface area contributed by atoms with Gasteiger partial charge in [-0.1, -0.05) is 0 Å². The van der Waals surface area contributed by atoms with Gasteiger partial charge in [0.15, 0.2) is 0 Å². The molecule has 1 atom stereocenters. The molecule has 0 bridgehead atoms. The Morgan fingerprint density at radius 2 is 1.92 bits per heavy atom. The van der Waals surface area contributed by atoms with Crippen LogP contribution in [0.3, 0.4) is 0 Å². The van der Waals surface area contributed by atoms with E-state index in [1.54, 1.807) is 11.6 Å². The third-order valence-electron chi connectivity index (χ3n) is 4.97. The maximum atomic E-state index is 12.6. The average Bonchev–Trinajstić information content (AvgIpc) is 2.79. The van der Waals surface area contributed by atoms with Gasteiger partial charge in [0, 0.05) is 20.5 Å². The summed E-state index contributed by atoms with van der Waals surface area (Å²) in [7, 11) is 1.88. The van der Waals surface area contributed by atoms with Gasteiger partial charge in [-0.05, 0) is 52.6 Å². The Labute approximate surface area is 143 Å². The molecule has 1 aromatic heterocycles. The van der Waals surface area contributed by atoms with Crippen molar-refractivity contribution >= 4 is 17.5 Å². The molecule has 1 fully saturated rings. The smallest absolute Gasteiger partial charge is 0.241 e. The van der Waals surface area contributed by atoms with Crippen LogP contribution in [0.2, 0.25) is 0 Å². The van der Waals surface area contributed by atoms with Crippen LogP contribution in [0.25, 0.3) is 0 Å². The predicted octanol–water partition coefficient (Wildman–Crippen LogP) is 1.21. The van der Waals surface area contributed by atoms with Crippen LogP contribution in [0, 0.1) is 19.8 Å². The van der Waals surface area contributed by atoms with E-state index in [2.05, 4.69) is 20.6 Å². The highest BCUT2D eigenvalue weighted by molar-refractivity contribution is 5.95.